The quantitative estimate of drug-likeness (QED) is 0.576. The molecule has 2 aliphatic rings. The van der Waals surface area contributed by atoms with Gasteiger partial charge < -0.3 is 20.1 Å². The number of hydrogen-bond donors (Lipinski definition) is 1. The van der Waals surface area contributed by atoms with Gasteiger partial charge in [0.15, 0.2) is 0 Å². The Balaban J connectivity index is 0.00000300. The zero-order valence-corrected chi connectivity index (χ0v) is 19.3. The molecule has 6 nitrogen and oxygen atoms in total. The number of rotatable bonds is 6. The van der Waals surface area contributed by atoms with Crippen LogP contribution in [-0.2, 0) is 20.8 Å². The van der Waals surface area contributed by atoms with Crippen LogP contribution in [0.4, 0.5) is 0 Å². The van der Waals surface area contributed by atoms with Crippen molar-refractivity contribution >= 4 is 17.8 Å². The van der Waals surface area contributed by atoms with E-state index in [0.717, 1.165) is 24.8 Å². The van der Waals surface area contributed by atoms with Crippen molar-refractivity contribution in [3.05, 3.63) is 35.9 Å². The zero-order chi connectivity index (χ0) is 20.0. The van der Waals surface area contributed by atoms with Crippen molar-refractivity contribution in [3.63, 3.8) is 0 Å². The molecule has 2 amide bonds. The maximum Gasteiger partial charge on any atom is 1.00 e. The van der Waals surface area contributed by atoms with Gasteiger partial charge in [-0.1, -0.05) is 49.6 Å². The predicted molar refractivity (Wildman–Crippen MR) is 103 cm³/mol. The van der Waals surface area contributed by atoms with Crippen LogP contribution in [0.25, 0.3) is 0 Å². The predicted octanol–water partition coefficient (Wildman–Crippen LogP) is -1.57. The van der Waals surface area contributed by atoms with Gasteiger partial charge in [0, 0.05) is 25.4 Å². The van der Waals surface area contributed by atoms with Crippen LogP contribution in [0.2, 0.25) is 0 Å². The summed E-state index contributed by atoms with van der Waals surface area (Å²) in [7, 11) is 0. The van der Waals surface area contributed by atoms with E-state index in [4.69, 9.17) is 0 Å². The third-order valence-electron chi connectivity index (χ3n) is 6.15. The Labute approximate surface area is 194 Å². The molecule has 0 radical (unpaired) electrons. The van der Waals surface area contributed by atoms with Crippen molar-refractivity contribution in [2.75, 3.05) is 13.1 Å². The Morgan fingerprint density at radius 3 is 2.24 bits per heavy atom. The number of likely N-dealkylation sites (tertiary alicyclic amines) is 1. The van der Waals surface area contributed by atoms with Crippen LogP contribution in [0.3, 0.4) is 0 Å². The maximum atomic E-state index is 12.7. The smallest absolute Gasteiger partial charge is 0.548 e. The minimum absolute atomic E-state index is 0. The second-order valence-corrected chi connectivity index (χ2v) is 8.06. The van der Waals surface area contributed by atoms with E-state index < -0.39 is 11.5 Å². The topological polar surface area (TPSA) is 89.5 Å². The Kier molecular flexibility index (Phi) is 9.18. The molecule has 7 heteroatoms. The monoisotopic (exact) mass is 408 g/mol. The van der Waals surface area contributed by atoms with E-state index in [-0.39, 0.29) is 47.3 Å². The Morgan fingerprint density at radius 2 is 1.66 bits per heavy atom. The number of aliphatic carboxylic acids is 1. The molecule has 1 aromatic carbocycles. The first-order chi connectivity index (χ1) is 13.5. The number of amides is 2. The van der Waals surface area contributed by atoms with Gasteiger partial charge in [-0.2, -0.15) is 0 Å². The van der Waals surface area contributed by atoms with E-state index in [0.29, 0.717) is 51.6 Å². The Morgan fingerprint density at radius 1 is 1.03 bits per heavy atom. The van der Waals surface area contributed by atoms with Gasteiger partial charge in [-0.15, -0.1) is 0 Å². The number of nitrogens with zero attached hydrogens (tertiary/aromatic N) is 1. The first kappa shape index (κ1) is 23.9. The fraction of sp³-hybridized carbons (Fsp3) is 0.591. The van der Waals surface area contributed by atoms with Gasteiger partial charge in [-0.3, -0.25) is 9.59 Å². The molecule has 0 aromatic heterocycles. The summed E-state index contributed by atoms with van der Waals surface area (Å²) in [6, 6.07) is 9.93. The van der Waals surface area contributed by atoms with Crippen molar-refractivity contribution in [3.8, 4) is 0 Å². The standard InChI is InChI=1S/C22H30N2O4.Na/c25-19(10-9-17-7-3-1-4-8-17)24-15-11-18(12-16-24)20(26)23-22(21(27)28)13-5-2-6-14-22;/h1,3-4,7-8,18H,2,5-6,9-16H2,(H,23,26)(H,27,28);/q;+1/p-1. The van der Waals surface area contributed by atoms with Gasteiger partial charge in [-0.25, -0.2) is 0 Å². The third kappa shape index (κ3) is 6.30. The minimum Gasteiger partial charge on any atom is -0.548 e. The Bertz CT molecular complexity index is 696. The van der Waals surface area contributed by atoms with E-state index in [1.54, 1.807) is 0 Å². The summed E-state index contributed by atoms with van der Waals surface area (Å²) in [6.07, 6.45) is 5.80. The molecule has 2 fully saturated rings. The fourth-order valence-electron chi connectivity index (χ4n) is 4.32. The number of piperidine rings is 1. The van der Waals surface area contributed by atoms with Crippen LogP contribution >= 0.6 is 0 Å². The largest absolute Gasteiger partial charge is 1.00 e. The second-order valence-electron chi connectivity index (χ2n) is 8.06. The van der Waals surface area contributed by atoms with E-state index >= 15 is 0 Å². The number of carboxylic acid groups (broad SMARTS) is 1. The summed E-state index contributed by atoms with van der Waals surface area (Å²) < 4.78 is 0. The fourth-order valence-corrected chi connectivity index (χ4v) is 4.32. The minimum atomic E-state index is -1.21. The molecule has 3 rings (SSSR count). The third-order valence-corrected chi connectivity index (χ3v) is 6.15. The van der Waals surface area contributed by atoms with Gasteiger partial charge in [0.05, 0.1) is 11.5 Å². The molecule has 0 spiro atoms. The molecule has 29 heavy (non-hydrogen) atoms. The van der Waals surface area contributed by atoms with Crippen LogP contribution in [0.1, 0.15) is 56.9 Å². The maximum absolute atomic E-state index is 12.7. The van der Waals surface area contributed by atoms with Gasteiger partial charge >= 0.3 is 29.6 Å². The molecule has 0 unspecified atom stereocenters. The average Bonchev–Trinajstić information content (AvgIpc) is 2.73. The molecule has 1 aliphatic heterocycles. The summed E-state index contributed by atoms with van der Waals surface area (Å²) in [4.78, 5) is 38.6. The normalized spacial score (nSPS) is 19.1. The molecule has 1 saturated heterocycles. The molecule has 1 aromatic rings. The summed E-state index contributed by atoms with van der Waals surface area (Å²) in [6.45, 7) is 1.09. The summed E-state index contributed by atoms with van der Waals surface area (Å²) in [5.74, 6) is -1.51. The Hall–Kier alpha value is -1.37. The van der Waals surface area contributed by atoms with Crippen LogP contribution in [0.5, 0.6) is 0 Å². The molecule has 1 heterocycles. The van der Waals surface area contributed by atoms with E-state index in [1.165, 1.54) is 0 Å². The van der Waals surface area contributed by atoms with Crippen molar-refractivity contribution in [2.45, 2.75) is 63.3 Å². The molecular formula is C22H29N2NaO4. The second kappa shape index (κ2) is 11.1. The summed E-state index contributed by atoms with van der Waals surface area (Å²) >= 11 is 0. The summed E-state index contributed by atoms with van der Waals surface area (Å²) in [5.41, 5.74) is -0.0667. The molecule has 0 bridgehead atoms. The van der Waals surface area contributed by atoms with Gasteiger partial charge in [0.2, 0.25) is 11.8 Å². The molecule has 152 valence electrons. The number of benzene rings is 1. The van der Waals surface area contributed by atoms with Crippen molar-refractivity contribution in [1.29, 1.82) is 0 Å². The van der Waals surface area contributed by atoms with Crippen molar-refractivity contribution < 1.29 is 49.0 Å². The number of aryl methyl sites for hydroxylation is 1. The SMILES string of the molecule is O=C(NC1(C(=O)[O-])CCCCC1)C1CCN(C(=O)CCc2ccccc2)CC1.[Na+]. The van der Waals surface area contributed by atoms with Crippen LogP contribution in [0, 0.1) is 5.92 Å². The summed E-state index contributed by atoms with van der Waals surface area (Å²) in [5, 5.41) is 14.4. The number of carbonyl (C=O) groups is 3. The van der Waals surface area contributed by atoms with Crippen LogP contribution in [0.15, 0.2) is 30.3 Å². The molecule has 1 saturated carbocycles. The zero-order valence-electron chi connectivity index (χ0n) is 17.3. The number of hydrogen-bond acceptors (Lipinski definition) is 4. The van der Waals surface area contributed by atoms with Crippen molar-refractivity contribution in [1.82, 2.24) is 10.2 Å². The van der Waals surface area contributed by atoms with Gasteiger partial charge in [0.25, 0.3) is 0 Å². The first-order valence-corrected chi connectivity index (χ1v) is 10.4. The molecule has 1 aliphatic carbocycles. The number of carboxylic acids is 1. The first-order valence-electron chi connectivity index (χ1n) is 10.4. The van der Waals surface area contributed by atoms with Crippen LogP contribution in [-0.4, -0.2) is 41.3 Å². The van der Waals surface area contributed by atoms with E-state index in [2.05, 4.69) is 5.32 Å². The number of carbonyl (C=O) groups excluding carboxylic acids is 3. The molecular weight excluding hydrogens is 379 g/mol. The van der Waals surface area contributed by atoms with E-state index in [9.17, 15) is 19.5 Å². The average molecular weight is 408 g/mol. The molecule has 0 atom stereocenters. The number of nitrogens with one attached hydrogen (secondary N) is 1. The van der Waals surface area contributed by atoms with Crippen LogP contribution < -0.4 is 40.0 Å². The van der Waals surface area contributed by atoms with Gasteiger partial charge in [0.1, 0.15) is 0 Å². The van der Waals surface area contributed by atoms with Gasteiger partial charge in [-0.05, 0) is 37.7 Å². The molecule has 1 N–H and O–H groups in total. The van der Waals surface area contributed by atoms with E-state index in [1.807, 2.05) is 35.2 Å². The van der Waals surface area contributed by atoms with Crippen molar-refractivity contribution in [2.24, 2.45) is 5.92 Å².